The molecule has 2 aromatic carbocycles. The van der Waals surface area contributed by atoms with Gasteiger partial charge in [0.05, 0.1) is 18.0 Å². The molecule has 0 bridgehead atoms. The lowest BCUT2D eigenvalue weighted by Crippen LogP contribution is -2.30. The van der Waals surface area contributed by atoms with Gasteiger partial charge in [-0.3, -0.25) is 15.0 Å². The molecule has 0 fully saturated rings. The first-order valence-electron chi connectivity index (χ1n) is 10.3. The molecular weight excluding hydrogens is 366 g/mol. The van der Waals surface area contributed by atoms with Crippen molar-refractivity contribution >= 4 is 29.1 Å². The maximum atomic E-state index is 13.2. The number of carbonyl (C=O) groups excluding carboxylic acids is 2. The minimum Gasteiger partial charge on any atom is -0.450 e. The van der Waals surface area contributed by atoms with Gasteiger partial charge in [0.1, 0.15) is 0 Å². The van der Waals surface area contributed by atoms with Crippen LogP contribution in [0.15, 0.2) is 42.5 Å². The Kier molecular flexibility index (Phi) is 7.25. The lowest BCUT2D eigenvalue weighted by atomic mass is 10.0. The topological polar surface area (TPSA) is 70.7 Å². The van der Waals surface area contributed by atoms with Gasteiger partial charge in [-0.25, -0.2) is 4.79 Å². The van der Waals surface area contributed by atoms with Gasteiger partial charge in [0.25, 0.3) is 0 Å². The van der Waals surface area contributed by atoms with Crippen molar-refractivity contribution < 1.29 is 14.3 Å². The van der Waals surface area contributed by atoms with Gasteiger partial charge in [0, 0.05) is 18.7 Å². The van der Waals surface area contributed by atoms with Gasteiger partial charge >= 0.3 is 6.09 Å². The van der Waals surface area contributed by atoms with Crippen molar-refractivity contribution in [2.45, 2.75) is 39.5 Å². The first-order valence-corrected chi connectivity index (χ1v) is 10.3. The number of rotatable bonds is 7. The van der Waals surface area contributed by atoms with E-state index in [4.69, 9.17) is 4.74 Å². The highest BCUT2D eigenvalue weighted by atomic mass is 16.5. The van der Waals surface area contributed by atoms with E-state index in [0.29, 0.717) is 25.3 Å². The molecule has 0 atom stereocenters. The molecular formula is C23H29N3O3. The Balaban J connectivity index is 1.94. The monoisotopic (exact) mass is 395 g/mol. The number of anilines is 3. The predicted octanol–water partition coefficient (Wildman–Crippen LogP) is 4.41. The van der Waals surface area contributed by atoms with Crippen molar-refractivity contribution in [1.29, 1.82) is 0 Å². The van der Waals surface area contributed by atoms with Crippen molar-refractivity contribution in [1.82, 2.24) is 5.32 Å². The molecule has 0 radical (unpaired) electrons. The maximum absolute atomic E-state index is 13.2. The second-order valence-corrected chi connectivity index (χ2v) is 7.05. The number of nitrogens with zero attached hydrogens (tertiary/aromatic N) is 1. The number of hydrogen-bond donors (Lipinski definition) is 2. The standard InChI is InChI=1S/C23H29N3O3/c1-3-14-24-15-13-22(27)26-20-8-6-5-7-17(20)9-10-18-11-12-19(16-21(18)26)25-23(28)29-4-2/h5-8,11-12,16,24H,3-4,9-10,13-15H2,1-2H3,(H,25,28). The van der Waals surface area contributed by atoms with E-state index in [1.165, 1.54) is 0 Å². The minimum absolute atomic E-state index is 0.0393. The van der Waals surface area contributed by atoms with Crippen LogP contribution in [-0.4, -0.2) is 31.7 Å². The van der Waals surface area contributed by atoms with E-state index < -0.39 is 6.09 Å². The molecule has 0 saturated carbocycles. The first kappa shape index (κ1) is 20.9. The smallest absolute Gasteiger partial charge is 0.411 e. The molecule has 1 aliphatic rings. The molecule has 1 heterocycles. The van der Waals surface area contributed by atoms with Crippen molar-refractivity contribution in [3.8, 4) is 0 Å². The zero-order valence-corrected chi connectivity index (χ0v) is 17.2. The Morgan fingerprint density at radius 1 is 1.00 bits per heavy atom. The van der Waals surface area contributed by atoms with Crippen LogP contribution in [0.25, 0.3) is 0 Å². The van der Waals surface area contributed by atoms with Crippen LogP contribution in [0.5, 0.6) is 0 Å². The first-order chi connectivity index (χ1) is 14.1. The fourth-order valence-electron chi connectivity index (χ4n) is 3.56. The Morgan fingerprint density at radius 3 is 2.52 bits per heavy atom. The van der Waals surface area contributed by atoms with Crippen molar-refractivity contribution in [2.24, 2.45) is 0 Å². The van der Waals surface area contributed by atoms with Crippen LogP contribution in [0.2, 0.25) is 0 Å². The number of nitrogens with one attached hydrogen (secondary N) is 2. The van der Waals surface area contributed by atoms with Crippen LogP contribution in [0.1, 0.15) is 37.8 Å². The number of amides is 2. The number of ether oxygens (including phenoxy) is 1. The molecule has 0 saturated heterocycles. The van der Waals surface area contributed by atoms with E-state index in [1.807, 2.05) is 41.3 Å². The second-order valence-electron chi connectivity index (χ2n) is 7.05. The van der Waals surface area contributed by atoms with Crippen LogP contribution in [0.3, 0.4) is 0 Å². The molecule has 6 heteroatoms. The van der Waals surface area contributed by atoms with Crippen molar-refractivity contribution in [2.75, 3.05) is 29.9 Å². The number of aryl methyl sites for hydroxylation is 2. The highest BCUT2D eigenvalue weighted by Crippen LogP contribution is 2.38. The van der Waals surface area contributed by atoms with E-state index >= 15 is 0 Å². The average molecular weight is 396 g/mol. The summed E-state index contributed by atoms with van der Waals surface area (Å²) in [5.74, 6) is 0.0393. The Bertz CT molecular complexity index is 866. The van der Waals surface area contributed by atoms with Gasteiger partial charge in [-0.1, -0.05) is 31.2 Å². The third-order valence-electron chi connectivity index (χ3n) is 4.94. The fourth-order valence-corrected chi connectivity index (χ4v) is 3.56. The van der Waals surface area contributed by atoms with Crippen molar-refractivity contribution in [3.05, 3.63) is 53.6 Å². The van der Waals surface area contributed by atoms with E-state index in [2.05, 4.69) is 23.6 Å². The second kappa shape index (κ2) is 10.1. The SMILES string of the molecule is CCCNCCC(=O)N1c2ccccc2CCc2ccc(NC(=O)OCC)cc21. The lowest BCUT2D eigenvalue weighted by Gasteiger charge is -2.26. The number of benzene rings is 2. The molecule has 2 N–H and O–H groups in total. The highest BCUT2D eigenvalue weighted by Gasteiger charge is 2.26. The molecule has 6 nitrogen and oxygen atoms in total. The Morgan fingerprint density at radius 2 is 1.76 bits per heavy atom. The summed E-state index contributed by atoms with van der Waals surface area (Å²) in [7, 11) is 0. The van der Waals surface area contributed by atoms with E-state index in [9.17, 15) is 9.59 Å². The summed E-state index contributed by atoms with van der Waals surface area (Å²) in [5, 5.41) is 6.04. The molecule has 1 aliphatic heterocycles. The third kappa shape index (κ3) is 5.15. The summed E-state index contributed by atoms with van der Waals surface area (Å²) in [6, 6.07) is 13.7. The summed E-state index contributed by atoms with van der Waals surface area (Å²) < 4.78 is 4.98. The van der Waals surface area contributed by atoms with Gasteiger partial charge in [0.2, 0.25) is 5.91 Å². The van der Waals surface area contributed by atoms with Gasteiger partial charge in [-0.2, -0.15) is 0 Å². The van der Waals surface area contributed by atoms with Crippen molar-refractivity contribution in [3.63, 3.8) is 0 Å². The number of fused-ring (bicyclic) bond motifs is 2. The zero-order chi connectivity index (χ0) is 20.6. The summed E-state index contributed by atoms with van der Waals surface area (Å²) in [6.07, 6.45) is 2.65. The summed E-state index contributed by atoms with van der Waals surface area (Å²) in [4.78, 5) is 26.9. The highest BCUT2D eigenvalue weighted by molar-refractivity contribution is 6.03. The van der Waals surface area contributed by atoms with Gasteiger partial charge in [0.15, 0.2) is 0 Å². The summed E-state index contributed by atoms with van der Waals surface area (Å²) in [6.45, 7) is 5.71. The molecule has 0 spiro atoms. The van der Waals surface area contributed by atoms with Crippen LogP contribution < -0.4 is 15.5 Å². The van der Waals surface area contributed by atoms with E-state index in [0.717, 1.165) is 48.3 Å². The summed E-state index contributed by atoms with van der Waals surface area (Å²) in [5.41, 5.74) is 4.59. The normalized spacial score (nSPS) is 12.6. The molecule has 3 rings (SSSR count). The molecule has 0 aromatic heterocycles. The van der Waals surface area contributed by atoms with Crippen LogP contribution in [0, 0.1) is 0 Å². The largest absolute Gasteiger partial charge is 0.450 e. The average Bonchev–Trinajstić information content (AvgIpc) is 2.88. The van der Waals surface area contributed by atoms with E-state index in [-0.39, 0.29) is 5.91 Å². The Labute approximate surface area is 172 Å². The van der Waals surface area contributed by atoms with Crippen LogP contribution in [0.4, 0.5) is 21.9 Å². The fraction of sp³-hybridized carbons (Fsp3) is 0.391. The molecule has 2 amide bonds. The third-order valence-corrected chi connectivity index (χ3v) is 4.94. The maximum Gasteiger partial charge on any atom is 0.411 e. The number of hydrogen-bond acceptors (Lipinski definition) is 4. The molecule has 2 aromatic rings. The van der Waals surface area contributed by atoms with Gasteiger partial charge in [-0.05, 0) is 62.1 Å². The minimum atomic E-state index is -0.497. The van der Waals surface area contributed by atoms with Gasteiger partial charge in [-0.15, -0.1) is 0 Å². The molecule has 154 valence electrons. The quantitative estimate of drug-likeness (QED) is 0.682. The summed E-state index contributed by atoms with van der Waals surface area (Å²) >= 11 is 0. The molecule has 29 heavy (non-hydrogen) atoms. The number of para-hydroxylation sites is 1. The number of carbonyl (C=O) groups is 2. The van der Waals surface area contributed by atoms with Crippen LogP contribution in [-0.2, 0) is 22.4 Å². The van der Waals surface area contributed by atoms with Crippen LogP contribution >= 0.6 is 0 Å². The lowest BCUT2D eigenvalue weighted by molar-refractivity contribution is -0.117. The zero-order valence-electron chi connectivity index (χ0n) is 17.2. The predicted molar refractivity (Wildman–Crippen MR) is 116 cm³/mol. The molecule has 0 aliphatic carbocycles. The van der Waals surface area contributed by atoms with Gasteiger partial charge < -0.3 is 10.1 Å². The Hall–Kier alpha value is -2.86. The van der Waals surface area contributed by atoms with E-state index in [1.54, 1.807) is 6.92 Å². The molecule has 0 unspecified atom stereocenters.